The molecule has 0 aromatic heterocycles. The maximum Gasteiger partial charge on any atom is 0.573 e. The van der Waals surface area contributed by atoms with Crippen LogP contribution in [0.15, 0.2) is 36.9 Å². The number of aliphatic hydroxyl groups excluding tert-OH is 1. The van der Waals surface area contributed by atoms with Crippen LogP contribution in [0.4, 0.5) is 13.2 Å². The van der Waals surface area contributed by atoms with Crippen molar-refractivity contribution in [2.24, 2.45) is 0 Å². The Hall–Kier alpha value is -1.49. The summed E-state index contributed by atoms with van der Waals surface area (Å²) < 4.78 is 39.2. The van der Waals surface area contributed by atoms with E-state index in [0.717, 1.165) is 12.1 Å². The molecule has 1 unspecified atom stereocenters. The molecule has 0 aliphatic heterocycles. The summed E-state index contributed by atoms with van der Waals surface area (Å²) in [6, 6.07) is 5.09. The predicted octanol–water partition coefficient (Wildman–Crippen LogP) is 3.19. The van der Waals surface area contributed by atoms with Crippen molar-refractivity contribution in [1.82, 2.24) is 0 Å². The Bertz CT molecular complexity index is 343. The zero-order valence-electron chi connectivity index (χ0n) is 8.37. The number of rotatable bonds is 4. The average Bonchev–Trinajstić information content (AvgIpc) is 2.16. The minimum Gasteiger partial charge on any atom is -0.406 e. The molecule has 0 fully saturated rings. The third-order valence-electron chi connectivity index (χ3n) is 1.89. The fraction of sp³-hybridized carbons (Fsp3) is 0.273. The molecule has 0 saturated carbocycles. The summed E-state index contributed by atoms with van der Waals surface area (Å²) in [7, 11) is 0. The van der Waals surface area contributed by atoms with E-state index in [9.17, 15) is 18.3 Å². The van der Waals surface area contributed by atoms with Crippen molar-refractivity contribution in [3.63, 3.8) is 0 Å². The van der Waals surface area contributed by atoms with E-state index in [1.807, 2.05) is 0 Å². The van der Waals surface area contributed by atoms with Gasteiger partial charge in [-0.3, -0.25) is 0 Å². The van der Waals surface area contributed by atoms with Crippen LogP contribution in [-0.2, 0) is 0 Å². The molecule has 2 nitrogen and oxygen atoms in total. The molecule has 16 heavy (non-hydrogen) atoms. The van der Waals surface area contributed by atoms with Gasteiger partial charge in [-0.05, 0) is 24.1 Å². The molecule has 0 spiro atoms. The summed E-state index contributed by atoms with van der Waals surface area (Å²) in [4.78, 5) is 0. The van der Waals surface area contributed by atoms with Crippen molar-refractivity contribution < 1.29 is 23.0 Å². The summed E-state index contributed by atoms with van der Waals surface area (Å²) in [6.45, 7) is 3.46. The minimum absolute atomic E-state index is 0.304. The van der Waals surface area contributed by atoms with Gasteiger partial charge in [-0.2, -0.15) is 0 Å². The fourth-order valence-electron chi connectivity index (χ4n) is 1.19. The van der Waals surface area contributed by atoms with Crippen molar-refractivity contribution in [2.45, 2.75) is 18.9 Å². The standard InChI is InChI=1S/C11H11F3O2/c1-2-3-10(15)8-4-6-9(7-5-8)16-11(12,13)14/h2,4-7,10,15H,1,3H2. The fourth-order valence-corrected chi connectivity index (χ4v) is 1.19. The molecular weight excluding hydrogens is 221 g/mol. The van der Waals surface area contributed by atoms with E-state index in [1.54, 1.807) is 0 Å². The zero-order valence-corrected chi connectivity index (χ0v) is 8.37. The summed E-state index contributed by atoms with van der Waals surface area (Å²) in [5, 5.41) is 9.51. The Labute approximate surface area is 91.0 Å². The van der Waals surface area contributed by atoms with E-state index >= 15 is 0 Å². The van der Waals surface area contributed by atoms with Crippen LogP contribution in [0.5, 0.6) is 5.75 Å². The number of ether oxygens (including phenoxy) is 1. The minimum atomic E-state index is -4.69. The molecular formula is C11H11F3O2. The van der Waals surface area contributed by atoms with Crippen molar-refractivity contribution in [3.8, 4) is 5.75 Å². The van der Waals surface area contributed by atoms with Crippen molar-refractivity contribution >= 4 is 0 Å². The quantitative estimate of drug-likeness (QED) is 0.808. The maximum atomic E-state index is 11.8. The third-order valence-corrected chi connectivity index (χ3v) is 1.89. The highest BCUT2D eigenvalue weighted by molar-refractivity contribution is 5.28. The Morgan fingerprint density at radius 3 is 2.31 bits per heavy atom. The lowest BCUT2D eigenvalue weighted by molar-refractivity contribution is -0.274. The van der Waals surface area contributed by atoms with Gasteiger partial charge in [0.15, 0.2) is 0 Å². The summed E-state index contributed by atoms with van der Waals surface area (Å²) in [5.41, 5.74) is 0.523. The van der Waals surface area contributed by atoms with E-state index < -0.39 is 12.5 Å². The van der Waals surface area contributed by atoms with Gasteiger partial charge in [0.1, 0.15) is 5.75 Å². The van der Waals surface area contributed by atoms with Gasteiger partial charge in [-0.1, -0.05) is 18.2 Å². The molecule has 1 atom stereocenters. The van der Waals surface area contributed by atoms with Crippen LogP contribution >= 0.6 is 0 Å². The van der Waals surface area contributed by atoms with E-state index in [-0.39, 0.29) is 5.75 Å². The van der Waals surface area contributed by atoms with Crippen LogP contribution in [0.25, 0.3) is 0 Å². The van der Waals surface area contributed by atoms with Crippen LogP contribution in [0, 0.1) is 0 Å². The molecule has 88 valence electrons. The highest BCUT2D eigenvalue weighted by Crippen LogP contribution is 2.25. The van der Waals surface area contributed by atoms with Crippen molar-refractivity contribution in [1.29, 1.82) is 0 Å². The zero-order chi connectivity index (χ0) is 12.2. The second kappa shape index (κ2) is 5.03. The first-order valence-electron chi connectivity index (χ1n) is 4.57. The first kappa shape index (κ1) is 12.6. The molecule has 1 aromatic carbocycles. The van der Waals surface area contributed by atoms with Crippen LogP contribution in [0.1, 0.15) is 18.1 Å². The van der Waals surface area contributed by atoms with Crippen molar-refractivity contribution in [2.75, 3.05) is 0 Å². The van der Waals surface area contributed by atoms with E-state index in [4.69, 9.17) is 0 Å². The normalized spacial score (nSPS) is 13.2. The lowest BCUT2D eigenvalue weighted by atomic mass is 10.1. The van der Waals surface area contributed by atoms with Crippen LogP contribution in [0.2, 0.25) is 0 Å². The SMILES string of the molecule is C=CCC(O)c1ccc(OC(F)(F)F)cc1. The predicted molar refractivity (Wildman–Crippen MR) is 52.9 cm³/mol. The second-order valence-electron chi connectivity index (χ2n) is 3.16. The first-order chi connectivity index (χ1) is 7.42. The Balaban J connectivity index is 2.71. The van der Waals surface area contributed by atoms with E-state index in [0.29, 0.717) is 12.0 Å². The number of aliphatic hydroxyl groups is 1. The summed E-state index contributed by atoms with van der Waals surface area (Å²) >= 11 is 0. The van der Waals surface area contributed by atoms with Crippen LogP contribution in [-0.4, -0.2) is 11.5 Å². The average molecular weight is 232 g/mol. The molecule has 0 radical (unpaired) electrons. The summed E-state index contributed by atoms with van der Waals surface area (Å²) in [5.74, 6) is -0.304. The van der Waals surface area contributed by atoms with Gasteiger partial charge >= 0.3 is 6.36 Å². The number of benzene rings is 1. The van der Waals surface area contributed by atoms with Gasteiger partial charge in [0.2, 0.25) is 0 Å². The Morgan fingerprint density at radius 1 is 1.31 bits per heavy atom. The van der Waals surface area contributed by atoms with Gasteiger partial charge in [0.25, 0.3) is 0 Å². The first-order valence-corrected chi connectivity index (χ1v) is 4.57. The highest BCUT2D eigenvalue weighted by atomic mass is 19.4. The molecule has 5 heteroatoms. The maximum absolute atomic E-state index is 11.8. The molecule has 0 heterocycles. The third kappa shape index (κ3) is 3.94. The molecule has 0 saturated heterocycles. The molecule has 0 bridgehead atoms. The van der Waals surface area contributed by atoms with Crippen LogP contribution in [0.3, 0.4) is 0 Å². The number of halogens is 3. The summed E-state index contributed by atoms with van der Waals surface area (Å²) in [6.07, 6.45) is -3.57. The second-order valence-corrected chi connectivity index (χ2v) is 3.16. The van der Waals surface area contributed by atoms with Gasteiger partial charge in [0, 0.05) is 0 Å². The topological polar surface area (TPSA) is 29.5 Å². The number of hydrogen-bond acceptors (Lipinski definition) is 2. The molecule has 0 aliphatic carbocycles. The molecule has 0 amide bonds. The smallest absolute Gasteiger partial charge is 0.406 e. The van der Waals surface area contributed by atoms with Gasteiger partial charge in [0.05, 0.1) is 6.10 Å². The highest BCUT2D eigenvalue weighted by Gasteiger charge is 2.30. The monoisotopic (exact) mass is 232 g/mol. The van der Waals surface area contributed by atoms with Gasteiger partial charge < -0.3 is 9.84 Å². The van der Waals surface area contributed by atoms with Gasteiger partial charge in [-0.15, -0.1) is 19.8 Å². The lowest BCUT2D eigenvalue weighted by Crippen LogP contribution is -2.17. The van der Waals surface area contributed by atoms with E-state index in [1.165, 1.54) is 18.2 Å². The van der Waals surface area contributed by atoms with E-state index in [2.05, 4.69) is 11.3 Å². The van der Waals surface area contributed by atoms with Gasteiger partial charge in [-0.25, -0.2) is 0 Å². The number of hydrogen-bond donors (Lipinski definition) is 1. The van der Waals surface area contributed by atoms with Crippen molar-refractivity contribution in [3.05, 3.63) is 42.5 Å². The Kier molecular flexibility index (Phi) is 3.95. The molecule has 0 aliphatic rings. The number of alkyl halides is 3. The van der Waals surface area contributed by atoms with Crippen LogP contribution < -0.4 is 4.74 Å². The lowest BCUT2D eigenvalue weighted by Gasteiger charge is -2.11. The molecule has 1 N–H and O–H groups in total. The molecule has 1 rings (SSSR count). The largest absolute Gasteiger partial charge is 0.573 e. The molecule has 1 aromatic rings. The Morgan fingerprint density at radius 2 is 1.88 bits per heavy atom.